The molecule has 0 spiro atoms. The molecule has 0 unspecified atom stereocenters. The average Bonchev–Trinajstić information content (AvgIpc) is 2.61. The smallest absolute Gasteiger partial charge is 0.335 e. The van der Waals surface area contributed by atoms with Crippen LogP contribution in [0.4, 0.5) is 5.69 Å². The zero-order valence-electron chi connectivity index (χ0n) is 15.8. The standard InChI is InChI=1S/C21H24N2O4/c1-13-10-14(2)20(15(3)11-13)23-19(25)12-22-18(24)9-6-16-4-7-17(8-5-16)21(26)27/h4-5,7-8,10-11H,6,9,12H2,1-3H3,(H,22,24)(H,23,25)(H,26,27). The number of hydrogen-bond donors (Lipinski definition) is 3. The van der Waals surface area contributed by atoms with Gasteiger partial charge in [0.05, 0.1) is 12.1 Å². The van der Waals surface area contributed by atoms with Crippen molar-refractivity contribution in [3.8, 4) is 0 Å². The van der Waals surface area contributed by atoms with E-state index >= 15 is 0 Å². The van der Waals surface area contributed by atoms with Gasteiger partial charge in [0.25, 0.3) is 0 Å². The maximum absolute atomic E-state index is 12.1. The van der Waals surface area contributed by atoms with E-state index in [1.165, 1.54) is 12.1 Å². The molecule has 0 atom stereocenters. The van der Waals surface area contributed by atoms with Gasteiger partial charge in [0.1, 0.15) is 0 Å². The molecule has 0 aliphatic heterocycles. The zero-order chi connectivity index (χ0) is 20.0. The summed E-state index contributed by atoms with van der Waals surface area (Å²) in [7, 11) is 0. The lowest BCUT2D eigenvalue weighted by Gasteiger charge is -2.13. The second-order valence-corrected chi connectivity index (χ2v) is 6.60. The van der Waals surface area contributed by atoms with Crippen LogP contribution < -0.4 is 10.6 Å². The van der Waals surface area contributed by atoms with Crippen molar-refractivity contribution in [3.05, 3.63) is 64.2 Å². The van der Waals surface area contributed by atoms with E-state index in [1.807, 2.05) is 32.9 Å². The van der Waals surface area contributed by atoms with Crippen molar-refractivity contribution in [1.29, 1.82) is 0 Å². The SMILES string of the molecule is Cc1cc(C)c(NC(=O)CNC(=O)CCc2ccc(C(=O)O)cc2)c(C)c1. The second kappa shape index (κ2) is 8.98. The first kappa shape index (κ1) is 20.2. The minimum atomic E-state index is -0.982. The molecule has 0 saturated carbocycles. The van der Waals surface area contributed by atoms with Crippen LogP contribution in [0.5, 0.6) is 0 Å². The van der Waals surface area contributed by atoms with E-state index in [-0.39, 0.29) is 30.3 Å². The van der Waals surface area contributed by atoms with Gasteiger partial charge in [-0.25, -0.2) is 4.79 Å². The second-order valence-electron chi connectivity index (χ2n) is 6.60. The Hall–Kier alpha value is -3.15. The van der Waals surface area contributed by atoms with Crippen LogP contribution in [0.25, 0.3) is 0 Å². The number of amides is 2. The fourth-order valence-electron chi connectivity index (χ4n) is 2.90. The molecule has 0 heterocycles. The number of carbonyl (C=O) groups excluding carboxylic acids is 2. The Kier molecular flexibility index (Phi) is 6.71. The molecule has 2 amide bonds. The molecular formula is C21H24N2O4. The minimum absolute atomic E-state index is 0.0937. The Morgan fingerprint density at radius 2 is 1.52 bits per heavy atom. The molecule has 0 fully saturated rings. The summed E-state index contributed by atoms with van der Waals surface area (Å²) in [6.45, 7) is 5.78. The Morgan fingerprint density at radius 1 is 0.926 bits per heavy atom. The van der Waals surface area contributed by atoms with Gasteiger partial charge in [0, 0.05) is 12.1 Å². The van der Waals surface area contributed by atoms with Crippen LogP contribution in [0.1, 0.15) is 39.0 Å². The number of hydrogen-bond acceptors (Lipinski definition) is 3. The molecule has 0 aromatic heterocycles. The van der Waals surface area contributed by atoms with E-state index in [0.29, 0.717) is 6.42 Å². The van der Waals surface area contributed by atoms with Crippen molar-refractivity contribution in [3.63, 3.8) is 0 Å². The number of rotatable bonds is 7. The molecular weight excluding hydrogens is 344 g/mol. The number of aryl methyl sites for hydroxylation is 4. The van der Waals surface area contributed by atoms with Gasteiger partial charge in [0.15, 0.2) is 0 Å². The first-order valence-corrected chi connectivity index (χ1v) is 8.73. The van der Waals surface area contributed by atoms with E-state index in [9.17, 15) is 14.4 Å². The molecule has 6 nitrogen and oxygen atoms in total. The van der Waals surface area contributed by atoms with Crippen LogP contribution in [-0.4, -0.2) is 29.4 Å². The van der Waals surface area contributed by atoms with Crippen LogP contribution >= 0.6 is 0 Å². The highest BCUT2D eigenvalue weighted by atomic mass is 16.4. The van der Waals surface area contributed by atoms with Crippen molar-refractivity contribution in [1.82, 2.24) is 5.32 Å². The quantitative estimate of drug-likeness (QED) is 0.700. The molecule has 6 heteroatoms. The summed E-state index contributed by atoms with van der Waals surface area (Å²) in [5.41, 5.74) is 4.95. The van der Waals surface area contributed by atoms with Gasteiger partial charge in [-0.05, 0) is 56.0 Å². The van der Waals surface area contributed by atoms with Gasteiger partial charge < -0.3 is 15.7 Å². The van der Waals surface area contributed by atoms with Crippen LogP contribution in [0, 0.1) is 20.8 Å². The number of carboxylic acids is 1. The third-order valence-corrected chi connectivity index (χ3v) is 4.23. The highest BCUT2D eigenvalue weighted by molar-refractivity contribution is 5.95. The molecule has 3 N–H and O–H groups in total. The van der Waals surface area contributed by atoms with Gasteiger partial charge in [-0.2, -0.15) is 0 Å². The lowest BCUT2D eigenvalue weighted by Crippen LogP contribution is -2.33. The summed E-state index contributed by atoms with van der Waals surface area (Å²) in [5, 5.41) is 14.3. The van der Waals surface area contributed by atoms with Crippen molar-refractivity contribution >= 4 is 23.5 Å². The maximum atomic E-state index is 12.1. The third-order valence-electron chi connectivity index (χ3n) is 4.23. The maximum Gasteiger partial charge on any atom is 0.335 e. The van der Waals surface area contributed by atoms with Crippen molar-refractivity contribution < 1.29 is 19.5 Å². The van der Waals surface area contributed by atoms with Crippen LogP contribution in [0.15, 0.2) is 36.4 Å². The predicted molar refractivity (Wildman–Crippen MR) is 104 cm³/mol. The highest BCUT2D eigenvalue weighted by Gasteiger charge is 2.10. The fourth-order valence-corrected chi connectivity index (χ4v) is 2.90. The van der Waals surface area contributed by atoms with Crippen molar-refractivity contribution in [2.24, 2.45) is 0 Å². The molecule has 2 rings (SSSR count). The van der Waals surface area contributed by atoms with E-state index in [2.05, 4.69) is 10.6 Å². The Balaban J connectivity index is 1.80. The molecule has 2 aromatic rings. The Bertz CT molecular complexity index is 834. The van der Waals surface area contributed by atoms with E-state index in [4.69, 9.17) is 5.11 Å². The van der Waals surface area contributed by atoms with E-state index in [0.717, 1.165) is 27.9 Å². The summed E-state index contributed by atoms with van der Waals surface area (Å²) in [6, 6.07) is 10.4. The number of nitrogens with one attached hydrogen (secondary N) is 2. The molecule has 2 aromatic carbocycles. The molecule has 0 bridgehead atoms. The van der Waals surface area contributed by atoms with Crippen molar-refractivity contribution in [2.75, 3.05) is 11.9 Å². The molecule has 0 aliphatic rings. The Labute approximate surface area is 158 Å². The molecule has 27 heavy (non-hydrogen) atoms. The zero-order valence-corrected chi connectivity index (χ0v) is 15.8. The molecule has 0 saturated heterocycles. The minimum Gasteiger partial charge on any atom is -0.478 e. The monoisotopic (exact) mass is 368 g/mol. The number of benzene rings is 2. The van der Waals surface area contributed by atoms with Gasteiger partial charge in [-0.1, -0.05) is 29.8 Å². The highest BCUT2D eigenvalue weighted by Crippen LogP contribution is 2.21. The number of anilines is 1. The largest absolute Gasteiger partial charge is 0.478 e. The van der Waals surface area contributed by atoms with Crippen LogP contribution in [-0.2, 0) is 16.0 Å². The summed E-state index contributed by atoms with van der Waals surface area (Å²) in [5.74, 6) is -1.49. The first-order chi connectivity index (χ1) is 12.8. The summed E-state index contributed by atoms with van der Waals surface area (Å²) in [4.78, 5) is 34.9. The fraction of sp³-hybridized carbons (Fsp3) is 0.286. The Morgan fingerprint density at radius 3 is 2.07 bits per heavy atom. The normalized spacial score (nSPS) is 10.3. The summed E-state index contributed by atoms with van der Waals surface area (Å²) in [6.07, 6.45) is 0.700. The van der Waals surface area contributed by atoms with Gasteiger partial charge >= 0.3 is 5.97 Å². The lowest BCUT2D eigenvalue weighted by atomic mass is 10.1. The number of carbonyl (C=O) groups is 3. The third kappa shape index (κ3) is 5.95. The van der Waals surface area contributed by atoms with Crippen molar-refractivity contribution in [2.45, 2.75) is 33.6 Å². The molecule has 0 radical (unpaired) electrons. The van der Waals surface area contributed by atoms with Crippen LogP contribution in [0.2, 0.25) is 0 Å². The van der Waals surface area contributed by atoms with E-state index in [1.54, 1.807) is 12.1 Å². The predicted octanol–water partition coefficient (Wildman–Crippen LogP) is 3.00. The molecule has 142 valence electrons. The van der Waals surface area contributed by atoms with Gasteiger partial charge in [-0.15, -0.1) is 0 Å². The summed E-state index contributed by atoms with van der Waals surface area (Å²) >= 11 is 0. The van der Waals surface area contributed by atoms with Gasteiger partial charge in [0.2, 0.25) is 11.8 Å². The summed E-state index contributed by atoms with van der Waals surface area (Å²) < 4.78 is 0. The van der Waals surface area contributed by atoms with E-state index < -0.39 is 5.97 Å². The average molecular weight is 368 g/mol. The topological polar surface area (TPSA) is 95.5 Å². The first-order valence-electron chi connectivity index (χ1n) is 8.73. The molecule has 0 aliphatic carbocycles. The van der Waals surface area contributed by atoms with Crippen LogP contribution in [0.3, 0.4) is 0 Å². The number of carboxylic acid groups (broad SMARTS) is 1. The van der Waals surface area contributed by atoms with Gasteiger partial charge in [-0.3, -0.25) is 9.59 Å². The number of aromatic carboxylic acids is 1. The lowest BCUT2D eigenvalue weighted by molar-refractivity contribution is -0.124.